The quantitative estimate of drug-likeness (QED) is 0.573. The molecule has 0 aliphatic carbocycles. The molecule has 2 N–H and O–H groups in total. The van der Waals surface area contributed by atoms with Gasteiger partial charge in [-0.3, -0.25) is 14.9 Å². The van der Waals surface area contributed by atoms with E-state index in [1.54, 1.807) is 4.90 Å². The lowest BCUT2D eigenvalue weighted by molar-refractivity contribution is -0.384. The molecule has 1 aliphatic heterocycles. The average molecular weight is 266 g/mol. The molecule has 0 unspecified atom stereocenters. The molecule has 2 rings (SSSR count). The topological polar surface area (TPSA) is 118 Å². The van der Waals surface area contributed by atoms with Gasteiger partial charge in [-0.05, 0) is 0 Å². The monoisotopic (exact) mass is 266 g/mol. The van der Waals surface area contributed by atoms with Gasteiger partial charge in [0.15, 0.2) is 0 Å². The van der Waals surface area contributed by atoms with Gasteiger partial charge in [0, 0.05) is 33.1 Å². The van der Waals surface area contributed by atoms with Crippen LogP contribution >= 0.6 is 0 Å². The van der Waals surface area contributed by atoms with Gasteiger partial charge in [0.05, 0.1) is 4.92 Å². The van der Waals surface area contributed by atoms with Crippen LogP contribution in [0.5, 0.6) is 0 Å². The van der Waals surface area contributed by atoms with Gasteiger partial charge in [-0.1, -0.05) is 0 Å². The van der Waals surface area contributed by atoms with Crippen LogP contribution in [0.25, 0.3) is 0 Å². The Morgan fingerprint density at radius 3 is 2.53 bits per heavy atom. The molecule has 0 bridgehead atoms. The maximum Gasteiger partial charge on any atom is 0.329 e. The van der Waals surface area contributed by atoms with E-state index in [9.17, 15) is 14.9 Å². The van der Waals surface area contributed by atoms with E-state index >= 15 is 0 Å². The fourth-order valence-electron chi connectivity index (χ4n) is 1.89. The summed E-state index contributed by atoms with van der Waals surface area (Å²) in [6.07, 6.45) is 1.11. The number of nitrogens with two attached hydrogens (primary N) is 1. The highest BCUT2D eigenvalue weighted by atomic mass is 16.6. The summed E-state index contributed by atoms with van der Waals surface area (Å²) < 4.78 is 0. The largest absolute Gasteiger partial charge is 0.378 e. The molecule has 0 saturated carbocycles. The van der Waals surface area contributed by atoms with Gasteiger partial charge in [-0.15, -0.1) is 0 Å². The summed E-state index contributed by atoms with van der Waals surface area (Å²) in [5, 5.41) is 10.6. The van der Waals surface area contributed by atoms with Crippen molar-refractivity contribution in [3.63, 3.8) is 0 Å². The first-order valence-electron chi connectivity index (χ1n) is 5.76. The van der Waals surface area contributed by atoms with Crippen molar-refractivity contribution >= 4 is 23.4 Å². The molecule has 1 aliphatic rings. The minimum atomic E-state index is -0.618. The number of nitrogens with zero attached hydrogens (tertiary/aromatic N) is 5. The minimum absolute atomic E-state index is 0.0313. The third-order valence-corrected chi connectivity index (χ3v) is 2.99. The highest BCUT2D eigenvalue weighted by Crippen LogP contribution is 2.20. The van der Waals surface area contributed by atoms with Crippen LogP contribution < -0.4 is 10.6 Å². The first-order chi connectivity index (χ1) is 8.99. The lowest BCUT2D eigenvalue weighted by Gasteiger charge is -2.34. The lowest BCUT2D eigenvalue weighted by atomic mass is 10.3. The van der Waals surface area contributed by atoms with Gasteiger partial charge < -0.3 is 15.5 Å². The molecule has 19 heavy (non-hydrogen) atoms. The smallest absolute Gasteiger partial charge is 0.329 e. The van der Waals surface area contributed by atoms with Crippen LogP contribution in [-0.4, -0.2) is 51.9 Å². The van der Waals surface area contributed by atoms with E-state index < -0.39 is 4.92 Å². The Hall–Kier alpha value is -2.45. The predicted molar refractivity (Wildman–Crippen MR) is 67.6 cm³/mol. The summed E-state index contributed by atoms with van der Waals surface area (Å²) in [6, 6.07) is 0. The van der Waals surface area contributed by atoms with Crippen LogP contribution in [0, 0.1) is 10.1 Å². The van der Waals surface area contributed by atoms with Crippen molar-refractivity contribution in [1.82, 2.24) is 14.9 Å². The zero-order valence-electron chi connectivity index (χ0n) is 10.4. The molecule has 0 spiro atoms. The molecule has 1 fully saturated rings. The number of nitro groups is 1. The molecule has 9 nitrogen and oxygen atoms in total. The molecular formula is C10H14N6O3. The summed E-state index contributed by atoms with van der Waals surface area (Å²) in [6.45, 7) is 3.84. The number of rotatable bonds is 2. The molecule has 1 saturated heterocycles. The van der Waals surface area contributed by atoms with E-state index in [4.69, 9.17) is 5.73 Å². The predicted octanol–water partition coefficient (Wildman–Crippen LogP) is -0.365. The summed E-state index contributed by atoms with van der Waals surface area (Å²) in [5.41, 5.74) is 5.22. The Morgan fingerprint density at radius 1 is 1.42 bits per heavy atom. The normalized spacial score (nSPS) is 15.4. The fourth-order valence-corrected chi connectivity index (χ4v) is 1.89. The molecule has 1 amide bonds. The molecule has 9 heteroatoms. The number of carbonyl (C=O) groups is 1. The van der Waals surface area contributed by atoms with Crippen molar-refractivity contribution in [3.8, 4) is 0 Å². The van der Waals surface area contributed by atoms with Gasteiger partial charge in [-0.25, -0.2) is 4.98 Å². The highest BCUT2D eigenvalue weighted by molar-refractivity contribution is 5.73. The fraction of sp³-hybridized carbons (Fsp3) is 0.500. The van der Waals surface area contributed by atoms with Crippen molar-refractivity contribution in [1.29, 1.82) is 0 Å². The van der Waals surface area contributed by atoms with Crippen molar-refractivity contribution in [2.45, 2.75) is 6.92 Å². The van der Waals surface area contributed by atoms with Gasteiger partial charge in [0.1, 0.15) is 6.20 Å². The van der Waals surface area contributed by atoms with Crippen LogP contribution in [0.15, 0.2) is 6.20 Å². The van der Waals surface area contributed by atoms with E-state index in [0.717, 1.165) is 6.20 Å². The van der Waals surface area contributed by atoms with Crippen LogP contribution in [0.3, 0.4) is 0 Å². The van der Waals surface area contributed by atoms with Gasteiger partial charge >= 0.3 is 5.69 Å². The Balaban J connectivity index is 2.10. The Bertz CT molecular complexity index is 512. The number of aromatic nitrogens is 2. The summed E-state index contributed by atoms with van der Waals surface area (Å²) in [4.78, 5) is 32.6. The second-order valence-electron chi connectivity index (χ2n) is 4.19. The van der Waals surface area contributed by atoms with E-state index in [1.165, 1.54) is 6.92 Å². The molecule has 102 valence electrons. The van der Waals surface area contributed by atoms with Crippen molar-refractivity contribution in [2.24, 2.45) is 0 Å². The number of carbonyl (C=O) groups excluding carboxylic acids is 1. The van der Waals surface area contributed by atoms with Gasteiger partial charge in [-0.2, -0.15) is 4.98 Å². The van der Waals surface area contributed by atoms with Crippen molar-refractivity contribution in [2.75, 3.05) is 36.8 Å². The second-order valence-corrected chi connectivity index (χ2v) is 4.19. The average Bonchev–Trinajstić information content (AvgIpc) is 2.38. The Morgan fingerprint density at radius 2 is 2.05 bits per heavy atom. The zero-order chi connectivity index (χ0) is 14.0. The van der Waals surface area contributed by atoms with E-state index in [-0.39, 0.29) is 17.4 Å². The summed E-state index contributed by atoms with van der Waals surface area (Å²) in [7, 11) is 0. The van der Waals surface area contributed by atoms with E-state index in [0.29, 0.717) is 32.1 Å². The number of hydrogen-bond acceptors (Lipinski definition) is 7. The highest BCUT2D eigenvalue weighted by Gasteiger charge is 2.22. The molecular weight excluding hydrogens is 252 g/mol. The van der Waals surface area contributed by atoms with Crippen LogP contribution in [0.4, 0.5) is 17.5 Å². The maximum atomic E-state index is 11.2. The SMILES string of the molecule is CC(=O)N1CCN(c2ncc([N+](=O)[O-])c(N)n2)CC1. The van der Waals surface area contributed by atoms with Crippen LogP contribution in [-0.2, 0) is 4.79 Å². The molecule has 1 aromatic rings. The van der Waals surface area contributed by atoms with E-state index in [1.807, 2.05) is 4.90 Å². The van der Waals surface area contributed by atoms with E-state index in [2.05, 4.69) is 9.97 Å². The third kappa shape index (κ3) is 2.69. The molecule has 0 radical (unpaired) electrons. The standard InChI is InChI=1S/C10H14N6O3/c1-7(17)14-2-4-15(5-3-14)10-12-6-8(16(18)19)9(11)13-10/h6H,2-5H2,1H3,(H2,11,12,13). The number of hydrogen-bond donors (Lipinski definition) is 1. The third-order valence-electron chi connectivity index (χ3n) is 2.99. The second kappa shape index (κ2) is 5.04. The van der Waals surface area contributed by atoms with Crippen LogP contribution in [0.2, 0.25) is 0 Å². The number of anilines is 2. The first kappa shape index (κ1) is 13.0. The Kier molecular flexibility index (Phi) is 3.45. The number of nitrogen functional groups attached to an aromatic ring is 1. The molecule has 0 aromatic carbocycles. The Labute approximate surface area is 109 Å². The molecule has 1 aromatic heterocycles. The molecule has 0 atom stereocenters. The zero-order valence-corrected chi connectivity index (χ0v) is 10.4. The minimum Gasteiger partial charge on any atom is -0.378 e. The number of piperazine rings is 1. The summed E-state index contributed by atoms with van der Waals surface area (Å²) in [5.74, 6) is 0.235. The number of amides is 1. The molecule has 2 heterocycles. The first-order valence-corrected chi connectivity index (χ1v) is 5.76. The maximum absolute atomic E-state index is 11.2. The van der Waals surface area contributed by atoms with Gasteiger partial charge in [0.2, 0.25) is 17.7 Å². The van der Waals surface area contributed by atoms with Gasteiger partial charge in [0.25, 0.3) is 0 Å². The summed E-state index contributed by atoms with van der Waals surface area (Å²) >= 11 is 0. The van der Waals surface area contributed by atoms with Crippen LogP contribution in [0.1, 0.15) is 6.92 Å². The lowest BCUT2D eigenvalue weighted by Crippen LogP contribution is -2.48. The van der Waals surface area contributed by atoms with Crippen molar-refractivity contribution in [3.05, 3.63) is 16.3 Å². The van der Waals surface area contributed by atoms with Crippen molar-refractivity contribution < 1.29 is 9.72 Å².